The van der Waals surface area contributed by atoms with Gasteiger partial charge < -0.3 is 19.2 Å². The Kier molecular flexibility index (Phi) is 9.04. The minimum Gasteiger partial charge on any atom is -0.475 e. The second-order valence-corrected chi connectivity index (χ2v) is 9.08. The summed E-state index contributed by atoms with van der Waals surface area (Å²) in [7, 11) is 0. The van der Waals surface area contributed by atoms with Gasteiger partial charge in [-0.1, -0.05) is 0 Å². The summed E-state index contributed by atoms with van der Waals surface area (Å²) in [5.41, 5.74) is 4.03. The number of hydrogen-bond donors (Lipinski definition) is 2. The Morgan fingerprint density at radius 2 is 1.62 bits per heavy atom. The number of piperidine rings is 1. The van der Waals surface area contributed by atoms with E-state index in [0.29, 0.717) is 5.41 Å². The van der Waals surface area contributed by atoms with E-state index in [2.05, 4.69) is 26.6 Å². The average molecular weight is 562 g/mol. The second-order valence-electron chi connectivity index (χ2n) is 9.08. The molecule has 15 heteroatoms. The van der Waals surface area contributed by atoms with Crippen molar-refractivity contribution in [2.75, 3.05) is 13.1 Å². The Bertz CT molecular complexity index is 1210. The fraction of sp³-hybridized carbons (Fsp3) is 0.417. The number of hydrogen-bond acceptors (Lipinski definition) is 6. The molecule has 5 heterocycles. The van der Waals surface area contributed by atoms with Crippen LogP contribution >= 0.6 is 0 Å². The minimum absolute atomic E-state index is 0.382. The molecule has 0 atom stereocenters. The SMILES string of the molecule is O=C(O)C(F)(F)F.O=C(O)C(F)(F)F.c1cncc(-c2cnc3n2CC2(CCN(Cc4ccoc4)CC2)C3)c1. The van der Waals surface area contributed by atoms with E-state index in [1.807, 2.05) is 30.9 Å². The lowest BCUT2D eigenvalue weighted by Gasteiger charge is -2.38. The molecular weight excluding hydrogens is 538 g/mol. The zero-order valence-electron chi connectivity index (χ0n) is 20.2. The summed E-state index contributed by atoms with van der Waals surface area (Å²) in [5, 5.41) is 14.2. The molecule has 0 amide bonds. The maximum atomic E-state index is 10.6. The first kappa shape index (κ1) is 29.7. The van der Waals surface area contributed by atoms with Crippen molar-refractivity contribution in [3.63, 3.8) is 0 Å². The molecule has 0 unspecified atom stereocenters. The largest absolute Gasteiger partial charge is 0.490 e. The number of carboxylic acid groups (broad SMARTS) is 2. The summed E-state index contributed by atoms with van der Waals surface area (Å²) in [6.07, 6.45) is 2.79. The Morgan fingerprint density at radius 1 is 1.00 bits per heavy atom. The lowest BCUT2D eigenvalue weighted by atomic mass is 9.77. The molecule has 39 heavy (non-hydrogen) atoms. The molecule has 2 aliphatic heterocycles. The van der Waals surface area contributed by atoms with Crippen LogP contribution in [0, 0.1) is 5.41 Å². The van der Waals surface area contributed by atoms with Gasteiger partial charge in [0.25, 0.3) is 0 Å². The fourth-order valence-corrected chi connectivity index (χ4v) is 4.36. The zero-order valence-corrected chi connectivity index (χ0v) is 20.2. The van der Waals surface area contributed by atoms with Crippen LogP contribution in [0.3, 0.4) is 0 Å². The highest BCUT2D eigenvalue weighted by Gasteiger charge is 2.42. The minimum atomic E-state index is -5.08. The molecular formula is C24H24F6N4O5. The Hall–Kier alpha value is -3.88. The number of aliphatic carboxylic acids is 2. The van der Waals surface area contributed by atoms with E-state index in [0.717, 1.165) is 38.2 Å². The number of carboxylic acids is 2. The third-order valence-corrected chi connectivity index (χ3v) is 6.31. The highest BCUT2D eigenvalue weighted by molar-refractivity contribution is 5.73. The molecule has 0 aromatic carbocycles. The van der Waals surface area contributed by atoms with E-state index < -0.39 is 24.3 Å². The van der Waals surface area contributed by atoms with E-state index >= 15 is 0 Å². The highest BCUT2D eigenvalue weighted by atomic mass is 19.4. The smallest absolute Gasteiger partial charge is 0.475 e. The zero-order chi connectivity index (χ0) is 28.8. The molecule has 2 N–H and O–H groups in total. The van der Waals surface area contributed by atoms with E-state index in [9.17, 15) is 26.3 Å². The Morgan fingerprint density at radius 3 is 2.10 bits per heavy atom. The van der Waals surface area contributed by atoms with Gasteiger partial charge in [0, 0.05) is 43.0 Å². The third kappa shape index (κ3) is 8.05. The van der Waals surface area contributed by atoms with Gasteiger partial charge in [-0.15, -0.1) is 0 Å². The van der Waals surface area contributed by atoms with Gasteiger partial charge in [0.1, 0.15) is 5.82 Å². The summed E-state index contributed by atoms with van der Waals surface area (Å²) in [4.78, 5) is 29.3. The highest BCUT2D eigenvalue weighted by Crippen LogP contribution is 2.43. The number of alkyl halides is 6. The van der Waals surface area contributed by atoms with Gasteiger partial charge in [0.2, 0.25) is 0 Å². The molecule has 0 saturated carbocycles. The number of nitrogens with zero attached hydrogens (tertiary/aromatic N) is 4. The van der Waals surface area contributed by atoms with Crippen molar-refractivity contribution in [1.82, 2.24) is 19.4 Å². The van der Waals surface area contributed by atoms with E-state index in [4.69, 9.17) is 29.2 Å². The van der Waals surface area contributed by atoms with Gasteiger partial charge in [-0.3, -0.25) is 9.88 Å². The summed E-state index contributed by atoms with van der Waals surface area (Å²) in [5.74, 6) is -4.28. The van der Waals surface area contributed by atoms with E-state index in [1.165, 1.54) is 29.9 Å². The first-order valence-electron chi connectivity index (χ1n) is 11.5. The van der Waals surface area contributed by atoms with Crippen molar-refractivity contribution in [3.05, 3.63) is 60.7 Å². The summed E-state index contributed by atoms with van der Waals surface area (Å²) >= 11 is 0. The third-order valence-electron chi connectivity index (χ3n) is 6.31. The van der Waals surface area contributed by atoms with Crippen LogP contribution in [0.15, 0.2) is 53.7 Å². The molecule has 0 bridgehead atoms. The standard InChI is InChI=1S/C20H22N4O.2C2HF3O2/c1-2-17(11-21-6-1)18-12-22-19-10-20(15-24(18)19)4-7-23(8-5-20)13-16-3-9-25-14-16;2*3-2(4,5)1(6)7/h1-3,6,9,11-12,14H,4-5,7-8,10,13,15H2;2*(H,6,7). The number of likely N-dealkylation sites (tertiary alicyclic amines) is 1. The van der Waals surface area contributed by atoms with Crippen molar-refractivity contribution in [3.8, 4) is 11.3 Å². The number of rotatable bonds is 3. The predicted molar refractivity (Wildman–Crippen MR) is 122 cm³/mol. The van der Waals surface area contributed by atoms with Crippen molar-refractivity contribution < 1.29 is 50.6 Å². The summed E-state index contributed by atoms with van der Waals surface area (Å²) in [6, 6.07) is 6.18. The lowest BCUT2D eigenvalue weighted by Crippen LogP contribution is -2.40. The van der Waals surface area contributed by atoms with Crippen LogP contribution in [-0.2, 0) is 29.1 Å². The van der Waals surface area contributed by atoms with Crippen LogP contribution in [-0.4, -0.2) is 67.0 Å². The van der Waals surface area contributed by atoms with Crippen molar-refractivity contribution in [2.24, 2.45) is 5.41 Å². The second kappa shape index (κ2) is 11.9. The number of pyridine rings is 1. The number of halogens is 6. The van der Waals surface area contributed by atoms with Crippen LogP contribution in [0.4, 0.5) is 26.3 Å². The Labute approximate surface area is 217 Å². The average Bonchev–Trinajstić information content (AvgIpc) is 3.58. The Balaban J connectivity index is 0.000000251. The number of aromatic nitrogens is 3. The van der Waals surface area contributed by atoms with Crippen molar-refractivity contribution in [1.29, 1.82) is 0 Å². The van der Waals surface area contributed by atoms with Gasteiger partial charge in [0.05, 0.1) is 24.4 Å². The summed E-state index contributed by atoms with van der Waals surface area (Å²) in [6.45, 7) is 4.39. The normalized spacial score (nSPS) is 16.5. The van der Waals surface area contributed by atoms with Gasteiger partial charge in [-0.2, -0.15) is 26.3 Å². The van der Waals surface area contributed by atoms with Crippen molar-refractivity contribution >= 4 is 11.9 Å². The lowest BCUT2D eigenvalue weighted by molar-refractivity contribution is -0.193. The maximum Gasteiger partial charge on any atom is 0.490 e. The molecule has 3 aromatic heterocycles. The van der Waals surface area contributed by atoms with Crippen LogP contribution in [0.25, 0.3) is 11.3 Å². The maximum absolute atomic E-state index is 10.6. The van der Waals surface area contributed by atoms with Crippen LogP contribution in [0.5, 0.6) is 0 Å². The quantitative estimate of drug-likeness (QED) is 0.443. The van der Waals surface area contributed by atoms with E-state index in [-0.39, 0.29) is 0 Å². The first-order valence-corrected chi connectivity index (χ1v) is 11.5. The molecule has 5 rings (SSSR count). The van der Waals surface area contributed by atoms with Crippen LogP contribution in [0.2, 0.25) is 0 Å². The number of imidazole rings is 1. The molecule has 9 nitrogen and oxygen atoms in total. The molecule has 0 aliphatic carbocycles. The molecule has 1 saturated heterocycles. The van der Waals surface area contributed by atoms with Crippen LogP contribution < -0.4 is 0 Å². The molecule has 1 spiro atoms. The first-order chi connectivity index (χ1) is 18.2. The molecule has 212 valence electrons. The molecule has 0 radical (unpaired) electrons. The predicted octanol–water partition coefficient (Wildman–Crippen LogP) is 4.64. The molecule has 3 aromatic rings. The summed E-state index contributed by atoms with van der Waals surface area (Å²) < 4.78 is 71.1. The number of fused-ring (bicyclic) bond motifs is 1. The van der Waals surface area contributed by atoms with Crippen molar-refractivity contribution in [2.45, 2.75) is 44.7 Å². The molecule has 2 aliphatic rings. The topological polar surface area (TPSA) is 122 Å². The number of furan rings is 1. The van der Waals surface area contributed by atoms with Gasteiger partial charge >= 0.3 is 24.3 Å². The monoisotopic (exact) mass is 562 g/mol. The van der Waals surface area contributed by atoms with Crippen LogP contribution in [0.1, 0.15) is 24.2 Å². The van der Waals surface area contributed by atoms with E-state index in [1.54, 1.807) is 6.26 Å². The van der Waals surface area contributed by atoms with Gasteiger partial charge in [-0.05, 0) is 49.5 Å². The van der Waals surface area contributed by atoms with Gasteiger partial charge in [0.15, 0.2) is 0 Å². The number of carbonyl (C=O) groups is 2. The molecule has 1 fully saturated rings. The fourth-order valence-electron chi connectivity index (χ4n) is 4.36. The van der Waals surface area contributed by atoms with Gasteiger partial charge in [-0.25, -0.2) is 14.6 Å².